The first-order valence-corrected chi connectivity index (χ1v) is 5.12. The Morgan fingerprint density at radius 3 is 3.07 bits per heavy atom. The van der Waals surface area contributed by atoms with E-state index < -0.39 is 0 Å². The molecule has 0 saturated heterocycles. The van der Waals surface area contributed by atoms with Crippen LogP contribution in [-0.4, -0.2) is 9.97 Å². The van der Waals surface area contributed by atoms with Gasteiger partial charge < -0.3 is 10.3 Å². The van der Waals surface area contributed by atoms with E-state index in [1.807, 2.05) is 18.2 Å². The van der Waals surface area contributed by atoms with Crippen molar-refractivity contribution in [3.05, 3.63) is 46.7 Å². The SMILES string of the molecule is Cc1ccc(Cl)cc1CNc1ncc[nH]1. The van der Waals surface area contributed by atoms with E-state index in [-0.39, 0.29) is 0 Å². The van der Waals surface area contributed by atoms with Gasteiger partial charge in [0.1, 0.15) is 0 Å². The number of rotatable bonds is 3. The molecule has 1 aromatic carbocycles. The average molecular weight is 222 g/mol. The fourth-order valence-electron chi connectivity index (χ4n) is 1.37. The van der Waals surface area contributed by atoms with Crippen LogP contribution in [0.3, 0.4) is 0 Å². The first-order chi connectivity index (χ1) is 7.25. The van der Waals surface area contributed by atoms with Crippen LogP contribution in [0, 0.1) is 6.92 Å². The van der Waals surface area contributed by atoms with E-state index >= 15 is 0 Å². The van der Waals surface area contributed by atoms with Crippen LogP contribution in [0.15, 0.2) is 30.6 Å². The zero-order valence-electron chi connectivity index (χ0n) is 8.42. The molecule has 0 amide bonds. The molecule has 4 heteroatoms. The molecule has 0 unspecified atom stereocenters. The molecule has 3 nitrogen and oxygen atoms in total. The Kier molecular flexibility index (Phi) is 2.92. The molecule has 2 aromatic rings. The van der Waals surface area contributed by atoms with E-state index in [4.69, 9.17) is 11.6 Å². The molecule has 2 N–H and O–H groups in total. The topological polar surface area (TPSA) is 40.7 Å². The van der Waals surface area contributed by atoms with Gasteiger partial charge in [-0.25, -0.2) is 4.98 Å². The maximum atomic E-state index is 5.93. The van der Waals surface area contributed by atoms with Crippen LogP contribution in [0.4, 0.5) is 5.95 Å². The molecule has 0 radical (unpaired) electrons. The second-order valence-electron chi connectivity index (χ2n) is 3.36. The number of nitrogens with one attached hydrogen (secondary N) is 2. The summed E-state index contributed by atoms with van der Waals surface area (Å²) in [5, 5.41) is 3.94. The Balaban J connectivity index is 2.07. The number of hydrogen-bond donors (Lipinski definition) is 2. The van der Waals surface area contributed by atoms with Gasteiger partial charge in [0.15, 0.2) is 5.95 Å². The molecular weight excluding hydrogens is 210 g/mol. The molecule has 78 valence electrons. The summed E-state index contributed by atoms with van der Waals surface area (Å²) in [5.74, 6) is 0.773. The van der Waals surface area contributed by atoms with Crippen molar-refractivity contribution < 1.29 is 0 Å². The number of aryl methyl sites for hydroxylation is 1. The molecule has 2 rings (SSSR count). The average Bonchev–Trinajstić information content (AvgIpc) is 2.72. The summed E-state index contributed by atoms with van der Waals surface area (Å²) in [5.41, 5.74) is 2.40. The van der Waals surface area contributed by atoms with Crippen LogP contribution in [0.25, 0.3) is 0 Å². The second kappa shape index (κ2) is 4.36. The minimum absolute atomic E-state index is 0.722. The summed E-state index contributed by atoms with van der Waals surface area (Å²) in [6, 6.07) is 5.88. The zero-order chi connectivity index (χ0) is 10.7. The Hall–Kier alpha value is -1.48. The molecule has 0 saturated carbocycles. The number of anilines is 1. The number of H-pyrrole nitrogens is 1. The Labute approximate surface area is 93.5 Å². The zero-order valence-corrected chi connectivity index (χ0v) is 9.17. The number of hydrogen-bond acceptors (Lipinski definition) is 2. The fraction of sp³-hybridized carbons (Fsp3) is 0.182. The van der Waals surface area contributed by atoms with Crippen molar-refractivity contribution in [3.63, 3.8) is 0 Å². The molecule has 0 aliphatic rings. The lowest BCUT2D eigenvalue weighted by molar-refractivity contribution is 1.07. The van der Waals surface area contributed by atoms with Gasteiger partial charge in [-0.2, -0.15) is 0 Å². The minimum atomic E-state index is 0.722. The van der Waals surface area contributed by atoms with Crippen molar-refractivity contribution in [3.8, 4) is 0 Å². The summed E-state index contributed by atoms with van der Waals surface area (Å²) in [6.45, 7) is 2.79. The normalized spacial score (nSPS) is 10.3. The maximum Gasteiger partial charge on any atom is 0.200 e. The van der Waals surface area contributed by atoms with Gasteiger partial charge in [-0.05, 0) is 30.2 Å². The van der Waals surface area contributed by atoms with Gasteiger partial charge in [0.25, 0.3) is 0 Å². The van der Waals surface area contributed by atoms with E-state index in [2.05, 4.69) is 22.2 Å². The molecule has 0 spiro atoms. The Morgan fingerprint density at radius 1 is 1.47 bits per heavy atom. The monoisotopic (exact) mass is 221 g/mol. The van der Waals surface area contributed by atoms with Gasteiger partial charge >= 0.3 is 0 Å². The van der Waals surface area contributed by atoms with E-state index in [9.17, 15) is 0 Å². The lowest BCUT2D eigenvalue weighted by Crippen LogP contribution is -2.02. The highest BCUT2D eigenvalue weighted by molar-refractivity contribution is 6.30. The van der Waals surface area contributed by atoms with Crippen LogP contribution in [0.5, 0.6) is 0 Å². The van der Waals surface area contributed by atoms with E-state index in [1.165, 1.54) is 11.1 Å². The van der Waals surface area contributed by atoms with Crippen LogP contribution in [0.2, 0.25) is 5.02 Å². The lowest BCUT2D eigenvalue weighted by Gasteiger charge is -2.07. The molecule has 1 heterocycles. The van der Waals surface area contributed by atoms with Crippen molar-refractivity contribution in [2.24, 2.45) is 0 Å². The number of aromatic amines is 1. The molecule has 0 atom stereocenters. The number of halogens is 1. The summed E-state index contributed by atoms with van der Waals surface area (Å²) < 4.78 is 0. The maximum absolute atomic E-state index is 5.93. The highest BCUT2D eigenvalue weighted by Crippen LogP contribution is 2.16. The first kappa shape index (κ1) is 10.1. The van der Waals surface area contributed by atoms with Gasteiger partial charge in [0.05, 0.1) is 0 Å². The van der Waals surface area contributed by atoms with Crippen LogP contribution in [0.1, 0.15) is 11.1 Å². The first-order valence-electron chi connectivity index (χ1n) is 4.74. The number of benzene rings is 1. The smallest absolute Gasteiger partial charge is 0.200 e. The van der Waals surface area contributed by atoms with Crippen molar-refractivity contribution in [2.75, 3.05) is 5.32 Å². The third-order valence-corrected chi connectivity index (χ3v) is 2.49. The Morgan fingerprint density at radius 2 is 2.33 bits per heavy atom. The van der Waals surface area contributed by atoms with Crippen molar-refractivity contribution in [2.45, 2.75) is 13.5 Å². The number of aromatic nitrogens is 2. The summed E-state index contributed by atoms with van der Waals surface area (Å²) in [7, 11) is 0. The summed E-state index contributed by atoms with van der Waals surface area (Å²) in [4.78, 5) is 7.07. The summed E-state index contributed by atoms with van der Waals surface area (Å²) in [6.07, 6.45) is 3.50. The molecule has 0 aliphatic heterocycles. The highest BCUT2D eigenvalue weighted by Gasteiger charge is 2.00. The molecule has 0 bridgehead atoms. The number of imidazole rings is 1. The third-order valence-electron chi connectivity index (χ3n) is 2.26. The van der Waals surface area contributed by atoms with Crippen LogP contribution >= 0.6 is 11.6 Å². The fourth-order valence-corrected chi connectivity index (χ4v) is 1.57. The predicted octanol–water partition coefficient (Wildman–Crippen LogP) is 2.98. The van der Waals surface area contributed by atoms with Crippen LogP contribution in [-0.2, 0) is 6.54 Å². The Bertz CT molecular complexity index is 437. The van der Waals surface area contributed by atoms with Gasteiger partial charge in [0, 0.05) is 24.0 Å². The minimum Gasteiger partial charge on any atom is -0.352 e. The quantitative estimate of drug-likeness (QED) is 0.837. The second-order valence-corrected chi connectivity index (χ2v) is 3.80. The largest absolute Gasteiger partial charge is 0.352 e. The van der Waals surface area contributed by atoms with Crippen LogP contribution < -0.4 is 5.32 Å². The molecule has 15 heavy (non-hydrogen) atoms. The summed E-state index contributed by atoms with van der Waals surface area (Å²) >= 11 is 5.93. The molecule has 0 aliphatic carbocycles. The van der Waals surface area contributed by atoms with E-state index in [0.717, 1.165) is 17.5 Å². The molecular formula is C11H12ClN3. The van der Waals surface area contributed by atoms with Gasteiger partial charge in [0.2, 0.25) is 0 Å². The molecule has 1 aromatic heterocycles. The number of nitrogens with zero attached hydrogens (tertiary/aromatic N) is 1. The molecule has 0 fully saturated rings. The van der Waals surface area contributed by atoms with Gasteiger partial charge in [-0.3, -0.25) is 0 Å². The predicted molar refractivity (Wildman–Crippen MR) is 62.1 cm³/mol. The van der Waals surface area contributed by atoms with Gasteiger partial charge in [-0.15, -0.1) is 0 Å². The van der Waals surface area contributed by atoms with Crippen molar-refractivity contribution in [1.82, 2.24) is 9.97 Å². The standard InChI is InChI=1S/C11H12ClN3/c1-8-2-3-10(12)6-9(8)7-15-11-13-4-5-14-11/h2-6H,7H2,1H3,(H2,13,14,15). The van der Waals surface area contributed by atoms with E-state index in [1.54, 1.807) is 12.4 Å². The highest BCUT2D eigenvalue weighted by atomic mass is 35.5. The van der Waals surface area contributed by atoms with Crippen molar-refractivity contribution in [1.29, 1.82) is 0 Å². The van der Waals surface area contributed by atoms with Gasteiger partial charge in [-0.1, -0.05) is 17.7 Å². The van der Waals surface area contributed by atoms with Crippen molar-refractivity contribution >= 4 is 17.5 Å². The lowest BCUT2D eigenvalue weighted by atomic mass is 10.1. The third kappa shape index (κ3) is 2.50. The van der Waals surface area contributed by atoms with E-state index in [0.29, 0.717) is 0 Å².